The summed E-state index contributed by atoms with van der Waals surface area (Å²) in [6.45, 7) is 3.48. The Hall–Kier alpha value is -5.80. The van der Waals surface area contributed by atoms with Gasteiger partial charge in [-0.3, -0.25) is 14.6 Å². The molecular weight excluding hydrogens is 791 g/mol. The van der Waals surface area contributed by atoms with Gasteiger partial charge in [0.05, 0.1) is 43.9 Å². The van der Waals surface area contributed by atoms with Crippen LogP contribution in [0.5, 0.6) is 0 Å². The van der Waals surface area contributed by atoms with Gasteiger partial charge in [-0.05, 0) is 115 Å². The predicted molar refractivity (Wildman–Crippen MR) is 232 cm³/mol. The number of ether oxygens (including phenoxy) is 4. The van der Waals surface area contributed by atoms with E-state index in [1.807, 2.05) is 16.0 Å². The smallest absolute Gasteiger partial charge is 0.407 e. The average molecular weight is 846 g/mol. The first-order chi connectivity index (χ1) is 30.3. The van der Waals surface area contributed by atoms with Crippen LogP contribution in [0.25, 0.3) is 33.2 Å². The van der Waals surface area contributed by atoms with Crippen LogP contribution in [0, 0.1) is 11.8 Å². The van der Waals surface area contributed by atoms with Gasteiger partial charge in [-0.2, -0.15) is 0 Å². The first-order valence-electron chi connectivity index (χ1n) is 22.0. The molecule has 0 spiro atoms. The van der Waals surface area contributed by atoms with Crippen LogP contribution in [0.4, 0.5) is 15.3 Å². The van der Waals surface area contributed by atoms with E-state index in [9.17, 15) is 19.2 Å². The summed E-state index contributed by atoms with van der Waals surface area (Å²) < 4.78 is 20.9. The number of carbonyl (C=O) groups excluding carboxylic acids is 4. The largest absolute Gasteiger partial charge is 0.453 e. The van der Waals surface area contributed by atoms with Crippen molar-refractivity contribution in [2.75, 3.05) is 53.7 Å². The number of amides is 4. The number of benzene rings is 3. The van der Waals surface area contributed by atoms with Crippen molar-refractivity contribution >= 4 is 46.2 Å². The van der Waals surface area contributed by atoms with E-state index in [0.717, 1.165) is 81.6 Å². The first-order valence-corrected chi connectivity index (χ1v) is 22.0. The van der Waals surface area contributed by atoms with Crippen LogP contribution in [0.15, 0.2) is 65.8 Å². The summed E-state index contributed by atoms with van der Waals surface area (Å²) >= 11 is 0. The number of aromatic nitrogens is 2. The van der Waals surface area contributed by atoms with E-state index < -0.39 is 24.3 Å². The number of hydrogen-bond acceptors (Lipinski definition) is 10. The number of fused-ring (bicyclic) bond motifs is 2. The average Bonchev–Trinajstić information content (AvgIpc) is 4.16. The van der Waals surface area contributed by atoms with Crippen LogP contribution in [-0.2, 0) is 35.0 Å². The van der Waals surface area contributed by atoms with E-state index in [2.05, 4.69) is 70.2 Å². The third-order valence-corrected chi connectivity index (χ3v) is 13.5. The number of nitrogens with one attached hydrogen (secondary N) is 3. The summed E-state index contributed by atoms with van der Waals surface area (Å²) in [5, 5.41) is 7.86. The number of imidazole rings is 1. The standard InChI is InChI=1S/C47H55N7O8/c1-59-46(57)51-41(28-13-19-61-20-14-28)44(55)53-17-3-5-39(53)37-26-35-25-33(11-12-36(35)49-37)30-7-8-32-24-34(10-9-31(32)23-30)38-27-48-43(50-38)40-6-4-18-54(40)45(56)42(52-47(58)60-2)29-15-21-62-22-16-29/h7-12,23-25,27-29,39-42H,3-6,13-22,26H2,1-2H3,(H,48,50)(H,51,57)(H,52,58)/t39-,40-,41-,42-/m0/s1. The third-order valence-electron chi connectivity index (χ3n) is 13.5. The Kier molecular flexibility index (Phi) is 12.2. The molecule has 326 valence electrons. The zero-order valence-corrected chi connectivity index (χ0v) is 35.4. The molecule has 3 N–H and O–H groups in total. The quantitative estimate of drug-likeness (QED) is 0.161. The van der Waals surface area contributed by atoms with Crippen molar-refractivity contribution in [1.82, 2.24) is 30.4 Å². The highest BCUT2D eigenvalue weighted by Gasteiger charge is 2.42. The number of nitrogens with zero attached hydrogens (tertiary/aromatic N) is 4. The van der Waals surface area contributed by atoms with Gasteiger partial charge in [-0.15, -0.1) is 0 Å². The number of likely N-dealkylation sites (tertiary alicyclic amines) is 2. The molecule has 0 aliphatic carbocycles. The number of methoxy groups -OCH3 is 2. The molecule has 4 saturated heterocycles. The maximum Gasteiger partial charge on any atom is 0.407 e. The van der Waals surface area contributed by atoms with Crippen LogP contribution in [-0.4, -0.2) is 121 Å². The lowest BCUT2D eigenvalue weighted by Gasteiger charge is -2.34. The van der Waals surface area contributed by atoms with Crippen molar-refractivity contribution in [3.63, 3.8) is 0 Å². The Bertz CT molecular complexity index is 2350. The Morgan fingerprint density at radius 1 is 0.694 bits per heavy atom. The highest BCUT2D eigenvalue weighted by Crippen LogP contribution is 2.38. The Morgan fingerprint density at radius 3 is 1.84 bits per heavy atom. The van der Waals surface area contributed by atoms with Crippen molar-refractivity contribution in [3.8, 4) is 22.4 Å². The molecule has 4 atom stereocenters. The van der Waals surface area contributed by atoms with Crippen LogP contribution >= 0.6 is 0 Å². The van der Waals surface area contributed by atoms with E-state index in [1.54, 1.807) is 0 Å². The number of carbonyl (C=O) groups is 4. The molecule has 15 nitrogen and oxygen atoms in total. The Morgan fingerprint density at radius 2 is 1.23 bits per heavy atom. The van der Waals surface area contributed by atoms with E-state index in [-0.39, 0.29) is 35.7 Å². The zero-order valence-electron chi connectivity index (χ0n) is 35.4. The molecule has 5 aliphatic heterocycles. The van der Waals surface area contributed by atoms with Gasteiger partial charge in [0, 0.05) is 57.2 Å². The van der Waals surface area contributed by atoms with Crippen molar-refractivity contribution < 1.29 is 38.1 Å². The highest BCUT2D eigenvalue weighted by molar-refractivity contribution is 6.01. The van der Waals surface area contributed by atoms with Crippen LogP contribution in [0.3, 0.4) is 0 Å². The van der Waals surface area contributed by atoms with E-state index in [4.69, 9.17) is 28.9 Å². The summed E-state index contributed by atoms with van der Waals surface area (Å²) in [6.07, 6.45) is 7.43. The number of rotatable bonds is 10. The summed E-state index contributed by atoms with van der Waals surface area (Å²) in [4.78, 5) is 69.9. The van der Waals surface area contributed by atoms with Gasteiger partial charge < -0.3 is 44.4 Å². The third kappa shape index (κ3) is 8.52. The lowest BCUT2D eigenvalue weighted by molar-refractivity contribution is -0.137. The summed E-state index contributed by atoms with van der Waals surface area (Å²) in [7, 11) is 2.63. The molecule has 62 heavy (non-hydrogen) atoms. The van der Waals surface area contributed by atoms with Crippen LogP contribution in [0.1, 0.15) is 68.8 Å². The van der Waals surface area contributed by atoms with Crippen molar-refractivity contribution in [2.24, 2.45) is 16.8 Å². The fourth-order valence-corrected chi connectivity index (χ4v) is 10.1. The minimum Gasteiger partial charge on any atom is -0.453 e. The van der Waals surface area contributed by atoms with Gasteiger partial charge in [-0.1, -0.05) is 30.3 Å². The van der Waals surface area contributed by atoms with E-state index in [0.29, 0.717) is 71.6 Å². The second-order valence-corrected chi connectivity index (χ2v) is 17.1. The fraction of sp³-hybridized carbons (Fsp3) is 0.489. The molecule has 9 rings (SSSR count). The SMILES string of the molecule is COC(=O)N[C@H](C(=O)N1CCC[C@H]1C1=Nc2ccc(-c3ccc4cc(-c5cnc([C@@H]6CCCN6C(=O)[C@@H](NC(=O)OC)C6CCOCC6)[nH]5)ccc4c3)cc2C1)C1CCOCC1. The maximum absolute atomic E-state index is 14.1. The topological polar surface area (TPSA) is 177 Å². The number of hydrogen-bond donors (Lipinski definition) is 3. The molecule has 5 aliphatic rings. The maximum atomic E-state index is 14.1. The van der Waals surface area contributed by atoms with Crippen LogP contribution < -0.4 is 10.6 Å². The van der Waals surface area contributed by atoms with E-state index >= 15 is 0 Å². The molecule has 6 heterocycles. The molecule has 0 saturated carbocycles. The summed E-state index contributed by atoms with van der Waals surface area (Å²) in [6, 6.07) is 17.6. The molecular formula is C47H55N7O8. The first kappa shape index (κ1) is 41.5. The Balaban J connectivity index is 0.874. The van der Waals surface area contributed by atoms with E-state index in [1.165, 1.54) is 14.2 Å². The normalized spacial score (nSPS) is 21.6. The van der Waals surface area contributed by atoms with Gasteiger partial charge in [0.25, 0.3) is 0 Å². The van der Waals surface area contributed by atoms with Gasteiger partial charge in [0.15, 0.2) is 0 Å². The monoisotopic (exact) mass is 845 g/mol. The van der Waals surface area contributed by atoms with Gasteiger partial charge >= 0.3 is 12.2 Å². The second kappa shape index (κ2) is 18.3. The van der Waals surface area contributed by atoms with Gasteiger partial charge in [0.2, 0.25) is 11.8 Å². The predicted octanol–water partition coefficient (Wildman–Crippen LogP) is 6.48. The minimum absolute atomic E-state index is 0.0128. The highest BCUT2D eigenvalue weighted by atomic mass is 16.5. The number of alkyl carbamates (subject to hydrolysis) is 2. The zero-order chi connectivity index (χ0) is 42.7. The van der Waals surface area contributed by atoms with Crippen molar-refractivity contribution in [3.05, 3.63) is 72.2 Å². The molecule has 4 amide bonds. The Labute approximate surface area is 360 Å². The molecule has 0 bridgehead atoms. The fourth-order valence-electron chi connectivity index (χ4n) is 10.1. The van der Waals surface area contributed by atoms with Crippen molar-refractivity contribution in [1.29, 1.82) is 0 Å². The lowest BCUT2D eigenvalue weighted by Crippen LogP contribution is -2.55. The molecule has 0 radical (unpaired) electrons. The number of aromatic amines is 1. The second-order valence-electron chi connectivity index (χ2n) is 17.1. The van der Waals surface area contributed by atoms with Gasteiger partial charge in [-0.25, -0.2) is 14.6 Å². The lowest BCUT2D eigenvalue weighted by atomic mass is 9.90. The molecule has 4 aromatic rings. The number of aliphatic imine (C=N–C) groups is 1. The molecule has 3 aromatic carbocycles. The number of H-pyrrole nitrogens is 1. The van der Waals surface area contributed by atoms with Crippen molar-refractivity contribution in [2.45, 2.75) is 82.0 Å². The molecule has 0 unspecified atom stereocenters. The minimum atomic E-state index is -0.686. The molecule has 15 heteroatoms. The summed E-state index contributed by atoms with van der Waals surface area (Å²) in [5.41, 5.74) is 7.12. The van der Waals surface area contributed by atoms with Gasteiger partial charge in [0.1, 0.15) is 17.9 Å². The molecule has 1 aromatic heterocycles. The summed E-state index contributed by atoms with van der Waals surface area (Å²) in [5.74, 6) is 0.504. The van der Waals surface area contributed by atoms with Crippen LogP contribution in [0.2, 0.25) is 0 Å². The molecule has 4 fully saturated rings.